The molecule has 1 aromatic carbocycles. The lowest BCUT2D eigenvalue weighted by Crippen LogP contribution is -2.14. The number of hydrogen-bond donors (Lipinski definition) is 1. The van der Waals surface area contributed by atoms with E-state index in [2.05, 4.69) is 10.3 Å². The molecule has 0 atom stereocenters. The summed E-state index contributed by atoms with van der Waals surface area (Å²) in [6.07, 6.45) is 6.85. The summed E-state index contributed by atoms with van der Waals surface area (Å²) >= 11 is 1.73. The van der Waals surface area contributed by atoms with Gasteiger partial charge in [0.2, 0.25) is 0 Å². The Balaban J connectivity index is 1.68. The molecule has 5 heteroatoms. The van der Waals surface area contributed by atoms with E-state index in [9.17, 15) is 4.79 Å². The highest BCUT2D eigenvalue weighted by molar-refractivity contribution is 7.99. The second-order valence-electron chi connectivity index (χ2n) is 6.53. The molecule has 1 amide bonds. The van der Waals surface area contributed by atoms with Crippen LogP contribution in [0.25, 0.3) is 0 Å². The number of ether oxygens (including phenoxy) is 1. The van der Waals surface area contributed by atoms with Crippen molar-refractivity contribution in [1.29, 1.82) is 0 Å². The molecule has 1 fully saturated rings. The number of rotatable bonds is 6. The van der Waals surface area contributed by atoms with Gasteiger partial charge in [-0.15, -0.1) is 11.8 Å². The molecule has 3 rings (SSSR count). The predicted octanol–water partition coefficient (Wildman–Crippen LogP) is 5.16. The van der Waals surface area contributed by atoms with E-state index in [1.807, 2.05) is 50.2 Å². The van der Waals surface area contributed by atoms with Crippen molar-refractivity contribution in [2.45, 2.75) is 55.9 Å². The second kappa shape index (κ2) is 8.39. The Morgan fingerprint density at radius 2 is 1.92 bits per heavy atom. The van der Waals surface area contributed by atoms with Crippen molar-refractivity contribution in [2.75, 3.05) is 5.32 Å². The van der Waals surface area contributed by atoms with Gasteiger partial charge in [0, 0.05) is 17.1 Å². The number of anilines is 1. The quantitative estimate of drug-likeness (QED) is 0.777. The number of nitrogens with one attached hydrogen (secondary N) is 1. The van der Waals surface area contributed by atoms with Crippen LogP contribution in [-0.2, 0) is 0 Å². The van der Waals surface area contributed by atoms with E-state index < -0.39 is 0 Å². The number of pyridine rings is 1. The van der Waals surface area contributed by atoms with Crippen LogP contribution in [0.5, 0.6) is 5.75 Å². The van der Waals surface area contributed by atoms with E-state index in [0.717, 1.165) is 16.5 Å². The minimum atomic E-state index is -0.119. The highest BCUT2D eigenvalue weighted by Crippen LogP contribution is 2.35. The minimum Gasteiger partial charge on any atom is -0.491 e. The lowest BCUT2D eigenvalue weighted by atomic mass is 10.2. The molecule has 0 aliphatic heterocycles. The van der Waals surface area contributed by atoms with Crippen molar-refractivity contribution in [3.05, 3.63) is 48.2 Å². The Kier molecular flexibility index (Phi) is 5.97. The molecule has 0 radical (unpaired) electrons. The third kappa shape index (κ3) is 4.98. The molecule has 1 heterocycles. The van der Waals surface area contributed by atoms with Crippen molar-refractivity contribution in [1.82, 2.24) is 4.98 Å². The Bertz CT molecular complexity index is 710. The van der Waals surface area contributed by atoms with Crippen LogP contribution in [0.4, 0.5) is 5.69 Å². The van der Waals surface area contributed by atoms with Gasteiger partial charge in [-0.3, -0.25) is 4.79 Å². The van der Waals surface area contributed by atoms with E-state index in [4.69, 9.17) is 4.74 Å². The van der Waals surface area contributed by atoms with Gasteiger partial charge in [0.05, 0.1) is 11.7 Å². The highest BCUT2D eigenvalue weighted by Gasteiger charge is 2.20. The van der Waals surface area contributed by atoms with Crippen LogP contribution < -0.4 is 10.1 Å². The molecule has 0 bridgehead atoms. The maximum atomic E-state index is 12.7. The number of amides is 1. The van der Waals surface area contributed by atoms with Gasteiger partial charge in [-0.2, -0.15) is 0 Å². The molecular weight excluding hydrogens is 332 g/mol. The molecule has 1 saturated carbocycles. The second-order valence-corrected chi connectivity index (χ2v) is 7.81. The lowest BCUT2D eigenvalue weighted by molar-refractivity contribution is 0.102. The van der Waals surface area contributed by atoms with Crippen molar-refractivity contribution < 1.29 is 9.53 Å². The van der Waals surface area contributed by atoms with Crippen molar-refractivity contribution in [3.63, 3.8) is 0 Å². The predicted molar refractivity (Wildman–Crippen MR) is 103 cm³/mol. The highest BCUT2D eigenvalue weighted by atomic mass is 32.2. The van der Waals surface area contributed by atoms with Gasteiger partial charge in [-0.25, -0.2) is 4.98 Å². The molecule has 2 aromatic rings. The molecule has 0 spiro atoms. The van der Waals surface area contributed by atoms with Gasteiger partial charge in [0.25, 0.3) is 5.91 Å². The Morgan fingerprint density at radius 1 is 1.20 bits per heavy atom. The Labute approximate surface area is 153 Å². The smallest absolute Gasteiger partial charge is 0.258 e. The average Bonchev–Trinajstić information content (AvgIpc) is 3.10. The van der Waals surface area contributed by atoms with Crippen molar-refractivity contribution in [3.8, 4) is 5.75 Å². The van der Waals surface area contributed by atoms with Crippen molar-refractivity contribution >= 4 is 23.4 Å². The summed E-state index contributed by atoms with van der Waals surface area (Å²) in [6, 6.07) is 11.1. The third-order valence-electron chi connectivity index (χ3n) is 4.08. The first-order chi connectivity index (χ1) is 12.1. The van der Waals surface area contributed by atoms with E-state index in [-0.39, 0.29) is 12.0 Å². The van der Waals surface area contributed by atoms with E-state index in [0.29, 0.717) is 10.8 Å². The van der Waals surface area contributed by atoms with E-state index in [1.54, 1.807) is 18.0 Å². The zero-order valence-electron chi connectivity index (χ0n) is 14.7. The van der Waals surface area contributed by atoms with Crippen LogP contribution in [0, 0.1) is 0 Å². The summed E-state index contributed by atoms with van der Waals surface area (Å²) in [5.74, 6) is 0.679. The first-order valence-electron chi connectivity index (χ1n) is 8.81. The molecule has 1 aliphatic carbocycles. The topological polar surface area (TPSA) is 51.2 Å². The van der Waals surface area contributed by atoms with E-state index >= 15 is 0 Å². The Morgan fingerprint density at radius 3 is 2.60 bits per heavy atom. The lowest BCUT2D eigenvalue weighted by Gasteiger charge is -2.13. The SMILES string of the molecule is CC(C)Oc1ccc(NC(=O)c2cccnc2SC2CCCC2)cc1. The maximum Gasteiger partial charge on any atom is 0.258 e. The summed E-state index contributed by atoms with van der Waals surface area (Å²) in [6.45, 7) is 3.98. The summed E-state index contributed by atoms with van der Waals surface area (Å²) < 4.78 is 5.63. The number of benzene rings is 1. The molecule has 0 saturated heterocycles. The van der Waals surface area contributed by atoms with Gasteiger partial charge in [-0.05, 0) is 63.1 Å². The molecule has 1 aromatic heterocycles. The van der Waals surface area contributed by atoms with Crippen LogP contribution in [0.1, 0.15) is 49.9 Å². The zero-order valence-corrected chi connectivity index (χ0v) is 15.5. The minimum absolute atomic E-state index is 0.119. The zero-order chi connectivity index (χ0) is 17.6. The van der Waals surface area contributed by atoms with Crippen LogP contribution in [0.15, 0.2) is 47.6 Å². The molecule has 1 N–H and O–H groups in total. The number of nitrogens with zero attached hydrogens (tertiary/aromatic N) is 1. The number of carbonyl (C=O) groups excluding carboxylic acids is 1. The maximum absolute atomic E-state index is 12.7. The molecule has 132 valence electrons. The summed E-state index contributed by atoms with van der Waals surface area (Å²) in [7, 11) is 0. The molecule has 1 aliphatic rings. The van der Waals surface area contributed by atoms with Gasteiger partial charge >= 0.3 is 0 Å². The third-order valence-corrected chi connectivity index (χ3v) is 5.43. The van der Waals surface area contributed by atoms with Gasteiger partial charge in [0.1, 0.15) is 10.8 Å². The normalized spacial score (nSPS) is 14.7. The largest absolute Gasteiger partial charge is 0.491 e. The van der Waals surface area contributed by atoms with Crippen LogP contribution in [0.3, 0.4) is 0 Å². The van der Waals surface area contributed by atoms with Gasteiger partial charge in [0.15, 0.2) is 0 Å². The fourth-order valence-electron chi connectivity index (χ4n) is 2.91. The molecule has 0 unspecified atom stereocenters. The molecule has 4 nitrogen and oxygen atoms in total. The first kappa shape index (κ1) is 17.8. The monoisotopic (exact) mass is 356 g/mol. The molecular formula is C20H24N2O2S. The fraction of sp³-hybridized carbons (Fsp3) is 0.400. The number of hydrogen-bond acceptors (Lipinski definition) is 4. The summed E-state index contributed by atoms with van der Waals surface area (Å²) in [5, 5.41) is 4.36. The van der Waals surface area contributed by atoms with Gasteiger partial charge in [-0.1, -0.05) is 12.8 Å². The summed E-state index contributed by atoms with van der Waals surface area (Å²) in [4.78, 5) is 17.1. The number of aromatic nitrogens is 1. The van der Waals surface area contributed by atoms with Crippen LogP contribution in [0.2, 0.25) is 0 Å². The summed E-state index contributed by atoms with van der Waals surface area (Å²) in [5.41, 5.74) is 1.39. The number of carbonyl (C=O) groups is 1. The first-order valence-corrected chi connectivity index (χ1v) is 9.69. The molecule has 25 heavy (non-hydrogen) atoms. The Hall–Kier alpha value is -2.01. The standard InChI is InChI=1S/C20H24N2O2S/c1-14(2)24-16-11-9-15(10-12-16)22-19(23)18-8-5-13-21-20(18)25-17-6-3-4-7-17/h5,8-14,17H,3-4,6-7H2,1-2H3,(H,22,23). The van der Waals surface area contributed by atoms with Crippen LogP contribution >= 0.6 is 11.8 Å². The average molecular weight is 356 g/mol. The number of thioether (sulfide) groups is 1. The van der Waals surface area contributed by atoms with E-state index in [1.165, 1.54) is 25.7 Å². The van der Waals surface area contributed by atoms with Crippen LogP contribution in [-0.4, -0.2) is 22.2 Å². The van der Waals surface area contributed by atoms with Crippen molar-refractivity contribution in [2.24, 2.45) is 0 Å². The fourth-order valence-corrected chi connectivity index (χ4v) is 4.20. The van der Waals surface area contributed by atoms with Gasteiger partial charge < -0.3 is 10.1 Å².